The number of quaternary nitrogens is 1. The van der Waals surface area contributed by atoms with Gasteiger partial charge >= 0.3 is 0 Å². The van der Waals surface area contributed by atoms with E-state index in [2.05, 4.69) is 19.2 Å². The summed E-state index contributed by atoms with van der Waals surface area (Å²) in [6, 6.07) is 6.42. The summed E-state index contributed by atoms with van der Waals surface area (Å²) in [6.45, 7) is 8.55. The van der Waals surface area contributed by atoms with Crippen molar-refractivity contribution in [3.05, 3.63) is 24.3 Å². The highest BCUT2D eigenvalue weighted by molar-refractivity contribution is 7.89. The fourth-order valence-corrected chi connectivity index (χ4v) is 5.55. The normalized spacial score (nSPS) is 27.3. The molecule has 0 radical (unpaired) electrons. The Balaban J connectivity index is 1.58. The van der Waals surface area contributed by atoms with Crippen LogP contribution in [0.25, 0.3) is 0 Å². The highest BCUT2D eigenvalue weighted by Crippen LogP contribution is 2.19. The molecule has 0 bridgehead atoms. The van der Waals surface area contributed by atoms with Gasteiger partial charge < -0.3 is 15.0 Å². The van der Waals surface area contributed by atoms with Gasteiger partial charge in [-0.05, 0) is 30.7 Å². The van der Waals surface area contributed by atoms with Crippen molar-refractivity contribution in [2.45, 2.75) is 25.2 Å². The Bertz CT molecular complexity index is 735. The lowest BCUT2D eigenvalue weighted by Gasteiger charge is -2.31. The third-order valence-corrected chi connectivity index (χ3v) is 7.15. The molecule has 3 atom stereocenters. The number of ether oxygens (including phenoxy) is 1. The molecule has 0 aromatic heterocycles. The molecule has 2 heterocycles. The summed E-state index contributed by atoms with van der Waals surface area (Å²) in [5, 5.41) is 2.89. The van der Waals surface area contributed by atoms with Crippen LogP contribution in [-0.2, 0) is 19.6 Å². The minimum atomic E-state index is -3.51. The Hall–Kier alpha value is -1.48. The first-order chi connectivity index (χ1) is 12.8. The molecular formula is C19H30N3O4S+. The number of hydrogen-bond acceptors (Lipinski definition) is 4. The van der Waals surface area contributed by atoms with Crippen LogP contribution in [0.4, 0.5) is 5.69 Å². The van der Waals surface area contributed by atoms with Gasteiger partial charge in [0, 0.05) is 30.6 Å². The number of anilines is 1. The molecule has 27 heavy (non-hydrogen) atoms. The number of carbonyl (C=O) groups is 1. The van der Waals surface area contributed by atoms with Gasteiger partial charge in [-0.15, -0.1) is 0 Å². The highest BCUT2D eigenvalue weighted by Gasteiger charge is 2.28. The lowest BCUT2D eigenvalue weighted by molar-refractivity contribution is -0.904. The number of likely N-dealkylation sites (tertiary alicyclic amines) is 1. The van der Waals surface area contributed by atoms with Crippen LogP contribution in [0, 0.1) is 11.8 Å². The molecule has 1 aromatic rings. The number of sulfonamides is 1. The summed E-state index contributed by atoms with van der Waals surface area (Å²) >= 11 is 0. The molecule has 0 aliphatic carbocycles. The van der Waals surface area contributed by atoms with Crippen molar-refractivity contribution in [1.29, 1.82) is 0 Å². The van der Waals surface area contributed by atoms with E-state index in [-0.39, 0.29) is 10.8 Å². The van der Waals surface area contributed by atoms with Gasteiger partial charge in [0.2, 0.25) is 10.0 Å². The van der Waals surface area contributed by atoms with Gasteiger partial charge in [-0.3, -0.25) is 4.79 Å². The van der Waals surface area contributed by atoms with Crippen molar-refractivity contribution in [2.24, 2.45) is 11.8 Å². The monoisotopic (exact) mass is 396 g/mol. The first-order valence-corrected chi connectivity index (χ1v) is 11.1. The number of carbonyl (C=O) groups excluding carboxylic acids is 1. The maximum atomic E-state index is 12.6. The van der Waals surface area contributed by atoms with E-state index in [4.69, 9.17) is 4.74 Å². The average Bonchev–Trinajstić information content (AvgIpc) is 2.62. The molecule has 7 nitrogen and oxygen atoms in total. The van der Waals surface area contributed by atoms with Gasteiger partial charge in [0.05, 0.1) is 31.2 Å². The smallest absolute Gasteiger partial charge is 0.279 e. The Morgan fingerprint density at radius 2 is 1.74 bits per heavy atom. The van der Waals surface area contributed by atoms with Crippen LogP contribution in [0.1, 0.15) is 20.3 Å². The highest BCUT2D eigenvalue weighted by atomic mass is 32.2. The third kappa shape index (κ3) is 5.28. The van der Waals surface area contributed by atoms with Crippen LogP contribution in [-0.4, -0.2) is 64.6 Å². The summed E-state index contributed by atoms with van der Waals surface area (Å²) in [5.41, 5.74) is 0.624. The Morgan fingerprint density at radius 1 is 1.15 bits per heavy atom. The van der Waals surface area contributed by atoms with Crippen LogP contribution >= 0.6 is 0 Å². The average molecular weight is 397 g/mol. The fraction of sp³-hybridized carbons (Fsp3) is 0.632. The molecule has 2 aliphatic heterocycles. The molecule has 2 saturated heterocycles. The van der Waals surface area contributed by atoms with Crippen molar-refractivity contribution in [3.63, 3.8) is 0 Å². The largest absolute Gasteiger partial charge is 0.379 e. The number of piperidine rings is 1. The molecule has 1 unspecified atom stereocenters. The van der Waals surface area contributed by atoms with Gasteiger partial charge in [-0.2, -0.15) is 4.31 Å². The molecule has 0 saturated carbocycles. The van der Waals surface area contributed by atoms with Crippen LogP contribution in [0.2, 0.25) is 0 Å². The number of morpholine rings is 1. The van der Waals surface area contributed by atoms with Gasteiger partial charge in [0.25, 0.3) is 5.91 Å². The van der Waals surface area contributed by atoms with Crippen molar-refractivity contribution >= 4 is 21.6 Å². The second-order valence-electron chi connectivity index (χ2n) is 7.87. The molecule has 150 valence electrons. The van der Waals surface area contributed by atoms with Crippen molar-refractivity contribution < 1.29 is 22.8 Å². The van der Waals surface area contributed by atoms with E-state index in [0.717, 1.165) is 13.1 Å². The van der Waals surface area contributed by atoms with Crippen molar-refractivity contribution in [3.8, 4) is 0 Å². The van der Waals surface area contributed by atoms with Gasteiger partial charge in [0.1, 0.15) is 0 Å². The molecule has 2 fully saturated rings. The Labute approximate surface area is 161 Å². The predicted octanol–water partition coefficient (Wildman–Crippen LogP) is 0.207. The standard InChI is InChI=1S/C19H29N3O4S/c1-15-11-16(2)13-21(12-15)14-19(23)20-17-3-5-18(6-4-17)27(24,25)22-7-9-26-10-8-22/h3-6,15-16H,7-14H2,1-2H3,(H,20,23)/p+1/t15-,16+. The quantitative estimate of drug-likeness (QED) is 0.746. The summed E-state index contributed by atoms with van der Waals surface area (Å²) < 4.78 is 31.9. The van der Waals surface area contributed by atoms with Gasteiger partial charge in [-0.1, -0.05) is 13.8 Å². The number of amides is 1. The van der Waals surface area contributed by atoms with Gasteiger partial charge in [0.15, 0.2) is 6.54 Å². The lowest BCUT2D eigenvalue weighted by atomic mass is 9.92. The topological polar surface area (TPSA) is 80.2 Å². The summed E-state index contributed by atoms with van der Waals surface area (Å²) in [5.74, 6) is 1.25. The number of nitrogens with one attached hydrogen (secondary N) is 2. The van der Waals surface area contributed by atoms with Crippen molar-refractivity contribution in [1.82, 2.24) is 4.31 Å². The molecule has 3 rings (SSSR count). The summed E-state index contributed by atoms with van der Waals surface area (Å²) in [6.07, 6.45) is 1.23. The lowest BCUT2D eigenvalue weighted by Crippen LogP contribution is -3.15. The summed E-state index contributed by atoms with van der Waals surface area (Å²) in [4.78, 5) is 13.9. The zero-order valence-corrected chi connectivity index (χ0v) is 16.9. The first kappa shape index (κ1) is 20.3. The molecule has 2 N–H and O–H groups in total. The van der Waals surface area contributed by atoms with E-state index in [1.54, 1.807) is 24.3 Å². The number of rotatable bonds is 5. The van der Waals surface area contributed by atoms with Crippen LogP contribution in [0.5, 0.6) is 0 Å². The SMILES string of the molecule is C[C@@H]1C[C@H](C)C[NH+](CC(=O)Nc2ccc(S(=O)(=O)N3CCOCC3)cc2)C1. The second-order valence-corrected chi connectivity index (χ2v) is 9.81. The zero-order chi connectivity index (χ0) is 19.4. The fourth-order valence-electron chi connectivity index (χ4n) is 4.15. The maximum Gasteiger partial charge on any atom is 0.279 e. The van der Waals surface area contributed by atoms with Crippen LogP contribution < -0.4 is 10.2 Å². The van der Waals surface area contributed by atoms with E-state index >= 15 is 0 Å². The van der Waals surface area contributed by atoms with E-state index in [9.17, 15) is 13.2 Å². The molecular weight excluding hydrogens is 366 g/mol. The Morgan fingerprint density at radius 3 is 2.33 bits per heavy atom. The van der Waals surface area contributed by atoms with Crippen LogP contribution in [0.3, 0.4) is 0 Å². The molecule has 2 aliphatic rings. The molecule has 1 aromatic carbocycles. The van der Waals surface area contributed by atoms with E-state index in [1.807, 2.05) is 0 Å². The molecule has 1 amide bonds. The van der Waals surface area contributed by atoms with E-state index in [0.29, 0.717) is 50.4 Å². The first-order valence-electron chi connectivity index (χ1n) is 9.66. The summed E-state index contributed by atoms with van der Waals surface area (Å²) in [7, 11) is -3.51. The predicted molar refractivity (Wildman–Crippen MR) is 103 cm³/mol. The number of benzene rings is 1. The van der Waals surface area contributed by atoms with Crippen LogP contribution in [0.15, 0.2) is 29.2 Å². The molecule has 0 spiro atoms. The number of hydrogen-bond donors (Lipinski definition) is 2. The zero-order valence-electron chi connectivity index (χ0n) is 16.1. The molecule has 8 heteroatoms. The van der Waals surface area contributed by atoms with E-state index in [1.165, 1.54) is 15.6 Å². The maximum absolute atomic E-state index is 12.6. The number of nitrogens with zero attached hydrogens (tertiary/aromatic N) is 1. The minimum Gasteiger partial charge on any atom is -0.379 e. The minimum absolute atomic E-state index is 0.0323. The Kier molecular flexibility index (Phi) is 6.52. The van der Waals surface area contributed by atoms with Gasteiger partial charge in [-0.25, -0.2) is 8.42 Å². The van der Waals surface area contributed by atoms with E-state index < -0.39 is 10.0 Å². The third-order valence-electron chi connectivity index (χ3n) is 5.24. The van der Waals surface area contributed by atoms with Crippen molar-refractivity contribution in [2.75, 3.05) is 51.3 Å². The second kappa shape index (κ2) is 8.68.